The summed E-state index contributed by atoms with van der Waals surface area (Å²) in [7, 11) is 0. The lowest BCUT2D eigenvalue weighted by Gasteiger charge is -2.24. The first-order valence-electron chi connectivity index (χ1n) is 5.75. The lowest BCUT2D eigenvalue weighted by molar-refractivity contribution is 0.0597. The number of halogens is 1. The van der Waals surface area contributed by atoms with Crippen LogP contribution in [0.1, 0.15) is 25.3 Å². The normalized spacial score (nSPS) is 19.4. The van der Waals surface area contributed by atoms with E-state index < -0.39 is 5.60 Å². The molecule has 1 aromatic carbocycles. The van der Waals surface area contributed by atoms with Crippen molar-refractivity contribution in [1.82, 2.24) is 5.32 Å². The first kappa shape index (κ1) is 11.9. The average Bonchev–Trinajstić information content (AvgIpc) is 3.02. The van der Waals surface area contributed by atoms with Crippen LogP contribution in [0.5, 0.6) is 0 Å². The highest BCUT2D eigenvalue weighted by molar-refractivity contribution is 6.30. The van der Waals surface area contributed by atoms with E-state index in [0.29, 0.717) is 19.0 Å². The summed E-state index contributed by atoms with van der Waals surface area (Å²) in [4.78, 5) is 0. The van der Waals surface area contributed by atoms with Gasteiger partial charge in [0.05, 0.1) is 5.60 Å². The van der Waals surface area contributed by atoms with E-state index in [1.54, 1.807) is 0 Å². The Labute approximate surface area is 102 Å². The van der Waals surface area contributed by atoms with E-state index in [2.05, 4.69) is 5.32 Å². The maximum atomic E-state index is 10.2. The molecular formula is C13H18ClNO. The van der Waals surface area contributed by atoms with Gasteiger partial charge in [-0.15, -0.1) is 0 Å². The van der Waals surface area contributed by atoms with Crippen LogP contribution in [0.2, 0.25) is 5.02 Å². The quantitative estimate of drug-likeness (QED) is 0.827. The fourth-order valence-electron chi connectivity index (χ4n) is 1.76. The van der Waals surface area contributed by atoms with Gasteiger partial charge in [0.15, 0.2) is 0 Å². The monoisotopic (exact) mass is 239 g/mol. The molecule has 0 heterocycles. The molecule has 1 atom stereocenters. The van der Waals surface area contributed by atoms with Crippen LogP contribution >= 0.6 is 11.6 Å². The lowest BCUT2D eigenvalue weighted by Crippen LogP contribution is -2.40. The van der Waals surface area contributed by atoms with Gasteiger partial charge in [0.2, 0.25) is 0 Å². The third-order valence-electron chi connectivity index (χ3n) is 2.85. The molecule has 0 aromatic heterocycles. The van der Waals surface area contributed by atoms with E-state index in [9.17, 15) is 5.11 Å². The van der Waals surface area contributed by atoms with Gasteiger partial charge in [0.25, 0.3) is 0 Å². The molecule has 1 fully saturated rings. The molecule has 0 bridgehead atoms. The Hall–Kier alpha value is -0.570. The molecule has 0 saturated heterocycles. The van der Waals surface area contributed by atoms with Crippen molar-refractivity contribution in [2.45, 2.75) is 37.8 Å². The van der Waals surface area contributed by atoms with Gasteiger partial charge in [-0.1, -0.05) is 23.7 Å². The van der Waals surface area contributed by atoms with Gasteiger partial charge in [0, 0.05) is 24.0 Å². The molecule has 88 valence electrons. The number of hydrogen-bond acceptors (Lipinski definition) is 2. The number of nitrogens with one attached hydrogen (secondary N) is 1. The van der Waals surface area contributed by atoms with Crippen LogP contribution in [0.3, 0.4) is 0 Å². The van der Waals surface area contributed by atoms with Crippen LogP contribution in [-0.2, 0) is 6.42 Å². The maximum Gasteiger partial charge on any atom is 0.0783 e. The van der Waals surface area contributed by atoms with Gasteiger partial charge in [-0.05, 0) is 37.5 Å². The largest absolute Gasteiger partial charge is 0.389 e. The summed E-state index contributed by atoms with van der Waals surface area (Å²) >= 11 is 5.82. The van der Waals surface area contributed by atoms with E-state index in [1.807, 2.05) is 31.2 Å². The predicted octanol–water partition coefficient (Wildman–Crippen LogP) is 2.39. The Morgan fingerprint density at radius 3 is 2.56 bits per heavy atom. The highest BCUT2D eigenvalue weighted by Gasteiger charge is 2.26. The molecule has 1 aliphatic rings. The van der Waals surface area contributed by atoms with Crippen LogP contribution in [0.15, 0.2) is 24.3 Å². The highest BCUT2D eigenvalue weighted by atomic mass is 35.5. The first-order valence-corrected chi connectivity index (χ1v) is 6.13. The zero-order valence-corrected chi connectivity index (χ0v) is 10.3. The highest BCUT2D eigenvalue weighted by Crippen LogP contribution is 2.21. The SMILES string of the molecule is CC(O)(CNC1CC1)Cc1ccc(Cl)cc1. The minimum atomic E-state index is -0.684. The third-order valence-corrected chi connectivity index (χ3v) is 3.10. The van der Waals surface area contributed by atoms with E-state index >= 15 is 0 Å². The Morgan fingerprint density at radius 2 is 2.00 bits per heavy atom. The van der Waals surface area contributed by atoms with Crippen LogP contribution in [0, 0.1) is 0 Å². The van der Waals surface area contributed by atoms with Crippen molar-refractivity contribution in [3.8, 4) is 0 Å². The Kier molecular flexibility index (Phi) is 3.53. The molecule has 0 radical (unpaired) electrons. The molecule has 0 amide bonds. The van der Waals surface area contributed by atoms with Crippen molar-refractivity contribution in [2.75, 3.05) is 6.54 Å². The minimum absolute atomic E-state index is 0.636. The molecule has 2 rings (SSSR count). The number of aliphatic hydroxyl groups is 1. The van der Waals surface area contributed by atoms with Crippen molar-refractivity contribution in [3.05, 3.63) is 34.9 Å². The summed E-state index contributed by atoms with van der Waals surface area (Å²) in [6, 6.07) is 8.29. The molecule has 3 heteroatoms. The lowest BCUT2D eigenvalue weighted by atomic mass is 9.96. The molecule has 1 unspecified atom stereocenters. The molecule has 1 aliphatic carbocycles. The number of benzene rings is 1. The Morgan fingerprint density at radius 1 is 1.38 bits per heavy atom. The standard InChI is InChI=1S/C13H18ClNO/c1-13(16,9-15-12-6-7-12)8-10-2-4-11(14)5-3-10/h2-5,12,15-16H,6-9H2,1H3. The van der Waals surface area contributed by atoms with E-state index in [-0.39, 0.29) is 0 Å². The summed E-state index contributed by atoms with van der Waals surface area (Å²) in [6.07, 6.45) is 3.15. The van der Waals surface area contributed by atoms with Crippen LogP contribution < -0.4 is 5.32 Å². The minimum Gasteiger partial charge on any atom is -0.389 e. The topological polar surface area (TPSA) is 32.3 Å². The van der Waals surface area contributed by atoms with Crippen LogP contribution in [0.25, 0.3) is 0 Å². The molecule has 1 saturated carbocycles. The van der Waals surface area contributed by atoms with Crippen molar-refractivity contribution >= 4 is 11.6 Å². The molecule has 0 aliphatic heterocycles. The fourth-order valence-corrected chi connectivity index (χ4v) is 1.88. The van der Waals surface area contributed by atoms with E-state index in [4.69, 9.17) is 11.6 Å². The smallest absolute Gasteiger partial charge is 0.0783 e. The van der Waals surface area contributed by atoms with Crippen molar-refractivity contribution in [3.63, 3.8) is 0 Å². The molecule has 16 heavy (non-hydrogen) atoms. The summed E-state index contributed by atoms with van der Waals surface area (Å²) in [5.41, 5.74) is 0.433. The second-order valence-corrected chi connectivity index (χ2v) is 5.39. The fraction of sp³-hybridized carbons (Fsp3) is 0.538. The van der Waals surface area contributed by atoms with Gasteiger partial charge < -0.3 is 10.4 Å². The predicted molar refractivity (Wildman–Crippen MR) is 66.8 cm³/mol. The number of hydrogen-bond donors (Lipinski definition) is 2. The summed E-state index contributed by atoms with van der Waals surface area (Å²) in [5, 5.41) is 14.3. The molecule has 2 N–H and O–H groups in total. The summed E-state index contributed by atoms with van der Waals surface area (Å²) < 4.78 is 0. The van der Waals surface area contributed by atoms with Crippen molar-refractivity contribution in [1.29, 1.82) is 0 Å². The zero-order valence-electron chi connectivity index (χ0n) is 9.54. The molecular weight excluding hydrogens is 222 g/mol. The van der Waals surface area contributed by atoms with Crippen molar-refractivity contribution in [2.24, 2.45) is 0 Å². The zero-order chi connectivity index (χ0) is 11.6. The number of rotatable bonds is 5. The van der Waals surface area contributed by atoms with Gasteiger partial charge in [-0.25, -0.2) is 0 Å². The van der Waals surface area contributed by atoms with E-state index in [0.717, 1.165) is 10.6 Å². The van der Waals surface area contributed by atoms with Crippen LogP contribution in [0.4, 0.5) is 0 Å². The van der Waals surface area contributed by atoms with Gasteiger partial charge in [-0.3, -0.25) is 0 Å². The van der Waals surface area contributed by atoms with Gasteiger partial charge in [0.1, 0.15) is 0 Å². The van der Waals surface area contributed by atoms with Crippen molar-refractivity contribution < 1.29 is 5.11 Å². The van der Waals surface area contributed by atoms with Crippen LogP contribution in [-0.4, -0.2) is 23.3 Å². The molecule has 0 spiro atoms. The van der Waals surface area contributed by atoms with Gasteiger partial charge >= 0.3 is 0 Å². The van der Waals surface area contributed by atoms with Gasteiger partial charge in [-0.2, -0.15) is 0 Å². The summed E-state index contributed by atoms with van der Waals surface area (Å²) in [6.45, 7) is 2.53. The maximum absolute atomic E-state index is 10.2. The molecule has 1 aromatic rings. The summed E-state index contributed by atoms with van der Waals surface area (Å²) in [5.74, 6) is 0. The third kappa shape index (κ3) is 3.78. The van der Waals surface area contributed by atoms with E-state index in [1.165, 1.54) is 12.8 Å². The second kappa shape index (κ2) is 4.74. The second-order valence-electron chi connectivity index (χ2n) is 4.96. The first-order chi connectivity index (χ1) is 7.55. The average molecular weight is 240 g/mol. The Balaban J connectivity index is 1.87. The molecule has 2 nitrogen and oxygen atoms in total. The Bertz CT molecular complexity index is 343.